The third kappa shape index (κ3) is 3.55. The summed E-state index contributed by atoms with van der Waals surface area (Å²) in [6.45, 7) is 8.44. The maximum atomic E-state index is 12.0. The number of carbonyl (C=O) groups is 1. The van der Waals surface area contributed by atoms with Gasteiger partial charge in [-0.2, -0.15) is 5.10 Å². The number of hydrazone groups is 1. The number of nitrogens with zero attached hydrogens (tertiary/aromatic N) is 2. The summed E-state index contributed by atoms with van der Waals surface area (Å²) in [5.41, 5.74) is 1.08. The molecule has 0 saturated heterocycles. The molecule has 1 aliphatic rings. The molecule has 0 saturated carbocycles. The molecule has 1 heterocycles. The average molecular weight is 343 g/mol. The standard InChI is InChI=1S/C16H20Cl2N2O2/c1-5-22-15(21)12-9-14(16(2,3)4)20(19-12)13-7-6-10(17)8-11(13)18/h6-8,14H,5,9H2,1-4H3. The van der Waals surface area contributed by atoms with Crippen molar-refractivity contribution in [1.82, 2.24) is 0 Å². The van der Waals surface area contributed by atoms with Crippen LogP contribution in [0.1, 0.15) is 34.1 Å². The number of ether oxygens (including phenoxy) is 1. The SMILES string of the molecule is CCOC(=O)C1=NN(c2ccc(Cl)cc2Cl)C(C(C)(C)C)C1. The molecule has 1 aromatic rings. The molecule has 6 heteroatoms. The van der Waals surface area contributed by atoms with Crippen LogP contribution in [0.15, 0.2) is 23.3 Å². The minimum absolute atomic E-state index is 0.0191. The van der Waals surface area contributed by atoms with Crippen molar-refractivity contribution in [3.8, 4) is 0 Å². The van der Waals surface area contributed by atoms with Crippen molar-refractivity contribution in [2.24, 2.45) is 10.5 Å². The quantitative estimate of drug-likeness (QED) is 0.757. The van der Waals surface area contributed by atoms with Gasteiger partial charge in [0.1, 0.15) is 5.71 Å². The Morgan fingerprint density at radius 3 is 2.64 bits per heavy atom. The molecule has 0 radical (unpaired) electrons. The zero-order valence-corrected chi connectivity index (χ0v) is 14.7. The summed E-state index contributed by atoms with van der Waals surface area (Å²) in [4.78, 5) is 12.0. The Kier molecular flexibility index (Phi) is 5.03. The average Bonchev–Trinajstić information content (AvgIpc) is 2.84. The fourth-order valence-corrected chi connectivity index (χ4v) is 2.91. The Balaban J connectivity index is 2.41. The smallest absolute Gasteiger partial charge is 0.354 e. The number of benzene rings is 1. The number of esters is 1. The molecule has 0 bridgehead atoms. The van der Waals surface area contributed by atoms with Crippen molar-refractivity contribution in [3.63, 3.8) is 0 Å². The number of hydrogen-bond acceptors (Lipinski definition) is 4. The lowest BCUT2D eigenvalue weighted by molar-refractivity contribution is -0.135. The number of anilines is 1. The fraction of sp³-hybridized carbons (Fsp3) is 0.500. The molecular formula is C16H20Cl2N2O2. The summed E-state index contributed by atoms with van der Waals surface area (Å²) in [5, 5.41) is 7.35. The van der Waals surface area contributed by atoms with Gasteiger partial charge in [0.05, 0.1) is 23.4 Å². The molecule has 1 atom stereocenters. The van der Waals surface area contributed by atoms with Crippen LogP contribution in [-0.4, -0.2) is 24.3 Å². The van der Waals surface area contributed by atoms with Gasteiger partial charge in [0.25, 0.3) is 0 Å². The number of carbonyl (C=O) groups excluding carboxylic acids is 1. The van der Waals surface area contributed by atoms with Crippen LogP contribution in [-0.2, 0) is 9.53 Å². The summed E-state index contributed by atoms with van der Waals surface area (Å²) < 4.78 is 5.07. The van der Waals surface area contributed by atoms with E-state index in [4.69, 9.17) is 27.9 Å². The van der Waals surface area contributed by atoms with Crippen LogP contribution in [0.3, 0.4) is 0 Å². The normalized spacial score (nSPS) is 18.4. The van der Waals surface area contributed by atoms with Gasteiger partial charge >= 0.3 is 5.97 Å². The molecule has 2 rings (SSSR count). The van der Waals surface area contributed by atoms with Gasteiger partial charge in [-0.15, -0.1) is 0 Å². The van der Waals surface area contributed by atoms with Crippen molar-refractivity contribution < 1.29 is 9.53 Å². The van der Waals surface area contributed by atoms with E-state index in [1.54, 1.807) is 19.1 Å². The topological polar surface area (TPSA) is 41.9 Å². The molecule has 0 aliphatic carbocycles. The summed E-state index contributed by atoms with van der Waals surface area (Å²) >= 11 is 12.3. The summed E-state index contributed by atoms with van der Waals surface area (Å²) in [6, 6.07) is 5.28. The van der Waals surface area contributed by atoms with Crippen LogP contribution >= 0.6 is 23.2 Å². The molecule has 0 N–H and O–H groups in total. The van der Waals surface area contributed by atoms with Gasteiger partial charge in [-0.3, -0.25) is 5.01 Å². The fourth-order valence-electron chi connectivity index (χ4n) is 2.41. The Labute approximate surface area is 141 Å². The lowest BCUT2D eigenvalue weighted by Gasteiger charge is -2.34. The minimum atomic E-state index is -0.371. The van der Waals surface area contributed by atoms with E-state index >= 15 is 0 Å². The van der Waals surface area contributed by atoms with Gasteiger partial charge < -0.3 is 4.74 Å². The zero-order valence-electron chi connectivity index (χ0n) is 13.2. The van der Waals surface area contributed by atoms with E-state index in [0.717, 1.165) is 5.69 Å². The van der Waals surface area contributed by atoms with Crippen LogP contribution in [0.25, 0.3) is 0 Å². The molecule has 4 nitrogen and oxygen atoms in total. The highest BCUT2D eigenvalue weighted by molar-refractivity contribution is 6.38. The molecule has 120 valence electrons. The van der Waals surface area contributed by atoms with Crippen molar-refractivity contribution >= 4 is 40.6 Å². The molecule has 1 unspecified atom stereocenters. The first-order valence-electron chi connectivity index (χ1n) is 7.23. The van der Waals surface area contributed by atoms with Gasteiger partial charge in [0.2, 0.25) is 0 Å². The summed E-state index contributed by atoms with van der Waals surface area (Å²) in [5.74, 6) is -0.371. The number of hydrogen-bond donors (Lipinski definition) is 0. The van der Waals surface area contributed by atoms with E-state index in [-0.39, 0.29) is 17.4 Å². The van der Waals surface area contributed by atoms with Crippen molar-refractivity contribution in [2.75, 3.05) is 11.6 Å². The number of halogens is 2. The van der Waals surface area contributed by atoms with Crippen LogP contribution in [0.4, 0.5) is 5.69 Å². The van der Waals surface area contributed by atoms with Gasteiger partial charge in [-0.1, -0.05) is 44.0 Å². The molecule has 22 heavy (non-hydrogen) atoms. The maximum absolute atomic E-state index is 12.0. The van der Waals surface area contributed by atoms with Crippen molar-refractivity contribution in [3.05, 3.63) is 28.2 Å². The highest BCUT2D eigenvalue weighted by Gasteiger charge is 2.39. The second-order valence-electron chi connectivity index (χ2n) is 6.29. The lowest BCUT2D eigenvalue weighted by atomic mass is 9.84. The molecule has 0 aromatic heterocycles. The van der Waals surface area contributed by atoms with Gasteiger partial charge in [0.15, 0.2) is 0 Å². The molecule has 0 fully saturated rings. The van der Waals surface area contributed by atoms with Crippen molar-refractivity contribution in [2.45, 2.75) is 40.2 Å². The van der Waals surface area contributed by atoms with E-state index in [0.29, 0.717) is 28.8 Å². The second-order valence-corrected chi connectivity index (χ2v) is 7.14. The Morgan fingerprint density at radius 2 is 2.09 bits per heavy atom. The minimum Gasteiger partial charge on any atom is -0.461 e. The largest absolute Gasteiger partial charge is 0.461 e. The Morgan fingerprint density at radius 1 is 1.41 bits per heavy atom. The first-order chi connectivity index (χ1) is 10.2. The predicted octanol–water partition coefficient (Wildman–Crippen LogP) is 4.54. The maximum Gasteiger partial charge on any atom is 0.354 e. The third-order valence-electron chi connectivity index (χ3n) is 3.58. The van der Waals surface area contributed by atoms with Crippen LogP contribution < -0.4 is 5.01 Å². The van der Waals surface area contributed by atoms with Crippen molar-refractivity contribution in [1.29, 1.82) is 0 Å². The first kappa shape index (κ1) is 17.1. The first-order valence-corrected chi connectivity index (χ1v) is 7.98. The highest BCUT2D eigenvalue weighted by atomic mass is 35.5. The molecule has 0 amide bonds. The third-order valence-corrected chi connectivity index (χ3v) is 4.12. The van der Waals surface area contributed by atoms with E-state index in [9.17, 15) is 4.79 Å². The number of rotatable bonds is 3. The van der Waals surface area contributed by atoms with E-state index < -0.39 is 0 Å². The lowest BCUT2D eigenvalue weighted by Crippen LogP contribution is -2.38. The highest BCUT2D eigenvalue weighted by Crippen LogP contribution is 2.39. The van der Waals surface area contributed by atoms with Gasteiger partial charge in [-0.25, -0.2) is 4.79 Å². The Bertz CT molecular complexity index is 609. The van der Waals surface area contributed by atoms with E-state index in [1.165, 1.54) is 0 Å². The van der Waals surface area contributed by atoms with Crippen LogP contribution in [0, 0.1) is 5.41 Å². The van der Waals surface area contributed by atoms with Gasteiger partial charge in [0, 0.05) is 11.4 Å². The monoisotopic (exact) mass is 342 g/mol. The Hall–Kier alpha value is -1.26. The zero-order chi connectivity index (χ0) is 16.5. The van der Waals surface area contributed by atoms with Crippen LogP contribution in [0.5, 0.6) is 0 Å². The molecule has 1 aromatic carbocycles. The van der Waals surface area contributed by atoms with E-state index in [2.05, 4.69) is 25.9 Å². The predicted molar refractivity (Wildman–Crippen MR) is 90.9 cm³/mol. The molecule has 1 aliphatic heterocycles. The van der Waals surface area contributed by atoms with Crippen LogP contribution in [0.2, 0.25) is 10.0 Å². The molecule has 0 spiro atoms. The summed E-state index contributed by atoms with van der Waals surface area (Å²) in [6.07, 6.45) is 0.529. The molecular weight excluding hydrogens is 323 g/mol. The van der Waals surface area contributed by atoms with Gasteiger partial charge in [-0.05, 0) is 30.5 Å². The van der Waals surface area contributed by atoms with E-state index in [1.807, 2.05) is 11.1 Å². The second kappa shape index (κ2) is 6.47. The summed E-state index contributed by atoms with van der Waals surface area (Å²) in [7, 11) is 0.